The molecule has 1 unspecified atom stereocenters. The molecule has 1 aromatic rings. The minimum atomic E-state index is -0.533. The van der Waals surface area contributed by atoms with Crippen LogP contribution in [0.4, 0.5) is 5.69 Å². The lowest BCUT2D eigenvalue weighted by Gasteiger charge is -2.37. The largest absolute Gasteiger partial charge is 0.368 e. The van der Waals surface area contributed by atoms with Gasteiger partial charge in [0.25, 0.3) is 11.8 Å². The first-order valence-corrected chi connectivity index (χ1v) is 7.56. The number of pyridine rings is 1. The van der Waals surface area contributed by atoms with Gasteiger partial charge in [-0.15, -0.1) is 0 Å². The Morgan fingerprint density at radius 1 is 1.27 bits per heavy atom. The number of hydrogen-bond donors (Lipinski definition) is 1. The van der Waals surface area contributed by atoms with Crippen LogP contribution in [-0.4, -0.2) is 60.6 Å². The average Bonchev–Trinajstić information content (AvgIpc) is 3.09. The van der Waals surface area contributed by atoms with E-state index in [0.29, 0.717) is 19.7 Å². The number of amides is 2. The van der Waals surface area contributed by atoms with Crippen molar-refractivity contribution in [2.24, 2.45) is 5.73 Å². The molecule has 2 amide bonds. The molecule has 2 N–H and O–H groups in total. The molecule has 22 heavy (non-hydrogen) atoms. The van der Waals surface area contributed by atoms with Crippen LogP contribution in [0.1, 0.15) is 23.3 Å². The summed E-state index contributed by atoms with van der Waals surface area (Å²) in [6.07, 6.45) is 3.11. The Morgan fingerprint density at radius 2 is 2.05 bits per heavy atom. The van der Waals surface area contributed by atoms with Crippen molar-refractivity contribution in [2.45, 2.75) is 18.9 Å². The molecule has 2 aliphatic heterocycles. The lowest BCUT2D eigenvalue weighted by molar-refractivity contribution is -0.141. The van der Waals surface area contributed by atoms with E-state index >= 15 is 0 Å². The second-order valence-electron chi connectivity index (χ2n) is 5.58. The van der Waals surface area contributed by atoms with Gasteiger partial charge in [-0.2, -0.15) is 0 Å². The smallest absolute Gasteiger partial charge is 0.267 e. The van der Waals surface area contributed by atoms with Crippen molar-refractivity contribution in [1.29, 1.82) is 0 Å². The predicted octanol–water partition coefficient (Wildman–Crippen LogP) is 0.00810. The monoisotopic (exact) mass is 304 g/mol. The van der Waals surface area contributed by atoms with Crippen LogP contribution in [0.15, 0.2) is 18.3 Å². The van der Waals surface area contributed by atoms with Crippen LogP contribution in [0, 0.1) is 0 Å². The third-order valence-corrected chi connectivity index (χ3v) is 4.16. The first kappa shape index (κ1) is 14.8. The summed E-state index contributed by atoms with van der Waals surface area (Å²) >= 11 is 0. The highest BCUT2D eigenvalue weighted by molar-refractivity contribution is 5.91. The summed E-state index contributed by atoms with van der Waals surface area (Å²) in [7, 11) is 0. The molecule has 1 atom stereocenters. The summed E-state index contributed by atoms with van der Waals surface area (Å²) in [6.45, 7) is 3.45. The molecule has 0 saturated carbocycles. The fourth-order valence-electron chi connectivity index (χ4n) is 2.91. The van der Waals surface area contributed by atoms with Crippen molar-refractivity contribution < 1.29 is 14.3 Å². The molecule has 3 heterocycles. The quantitative estimate of drug-likeness (QED) is 0.849. The molecular formula is C15H20N4O3. The topological polar surface area (TPSA) is 88.8 Å². The zero-order chi connectivity index (χ0) is 15.5. The van der Waals surface area contributed by atoms with Gasteiger partial charge in [0.15, 0.2) is 0 Å². The molecule has 2 saturated heterocycles. The van der Waals surface area contributed by atoms with Gasteiger partial charge in [0.2, 0.25) is 0 Å². The van der Waals surface area contributed by atoms with Gasteiger partial charge in [-0.1, -0.05) is 0 Å². The average molecular weight is 304 g/mol. The normalized spacial score (nSPS) is 21.9. The minimum Gasteiger partial charge on any atom is -0.368 e. The van der Waals surface area contributed by atoms with Crippen LogP contribution in [0.2, 0.25) is 0 Å². The van der Waals surface area contributed by atoms with Gasteiger partial charge in [-0.3, -0.25) is 14.6 Å². The Bertz CT molecular complexity index is 564. The second-order valence-corrected chi connectivity index (χ2v) is 5.58. The number of ether oxygens (including phenoxy) is 1. The van der Waals surface area contributed by atoms with E-state index in [0.717, 1.165) is 31.6 Å². The molecule has 0 aromatic carbocycles. The van der Waals surface area contributed by atoms with Gasteiger partial charge < -0.3 is 20.3 Å². The number of rotatable bonds is 3. The van der Waals surface area contributed by atoms with E-state index in [2.05, 4.69) is 9.88 Å². The van der Waals surface area contributed by atoms with E-state index in [1.165, 1.54) is 0 Å². The summed E-state index contributed by atoms with van der Waals surface area (Å²) in [5.41, 5.74) is 6.43. The van der Waals surface area contributed by atoms with Crippen molar-refractivity contribution in [3.05, 3.63) is 24.0 Å². The van der Waals surface area contributed by atoms with Crippen LogP contribution in [0.25, 0.3) is 0 Å². The molecule has 118 valence electrons. The van der Waals surface area contributed by atoms with Gasteiger partial charge in [-0.05, 0) is 25.0 Å². The number of aromatic nitrogens is 1. The minimum absolute atomic E-state index is 0.102. The van der Waals surface area contributed by atoms with Crippen LogP contribution >= 0.6 is 0 Å². The summed E-state index contributed by atoms with van der Waals surface area (Å²) in [6, 6.07) is 3.55. The summed E-state index contributed by atoms with van der Waals surface area (Å²) in [5, 5.41) is 0. The van der Waals surface area contributed by atoms with Crippen LogP contribution in [0.5, 0.6) is 0 Å². The summed E-state index contributed by atoms with van der Waals surface area (Å²) < 4.78 is 5.46. The maximum atomic E-state index is 12.3. The van der Waals surface area contributed by atoms with Crippen molar-refractivity contribution in [3.8, 4) is 0 Å². The first-order chi connectivity index (χ1) is 10.6. The van der Waals surface area contributed by atoms with Gasteiger partial charge in [-0.25, -0.2) is 0 Å². The molecule has 0 spiro atoms. The molecule has 0 radical (unpaired) electrons. The van der Waals surface area contributed by atoms with Gasteiger partial charge >= 0.3 is 0 Å². The number of nitrogens with two attached hydrogens (primary N) is 1. The molecule has 0 aliphatic carbocycles. The van der Waals surface area contributed by atoms with Crippen LogP contribution in [-0.2, 0) is 9.53 Å². The van der Waals surface area contributed by atoms with Gasteiger partial charge in [0, 0.05) is 44.7 Å². The number of anilines is 1. The molecule has 7 heteroatoms. The zero-order valence-corrected chi connectivity index (χ0v) is 12.4. The van der Waals surface area contributed by atoms with E-state index in [4.69, 9.17) is 10.5 Å². The molecule has 2 aliphatic rings. The summed E-state index contributed by atoms with van der Waals surface area (Å²) in [5.74, 6) is -0.432. The fourth-order valence-corrected chi connectivity index (χ4v) is 2.91. The van der Waals surface area contributed by atoms with Gasteiger partial charge in [0.05, 0.1) is 0 Å². The number of carbonyl (C=O) groups is 2. The lowest BCUT2D eigenvalue weighted by atomic mass is 10.2. The third kappa shape index (κ3) is 3.04. The van der Waals surface area contributed by atoms with Gasteiger partial charge in [0.1, 0.15) is 11.8 Å². The number of nitrogens with zero attached hydrogens (tertiary/aromatic N) is 3. The van der Waals surface area contributed by atoms with Crippen molar-refractivity contribution in [1.82, 2.24) is 9.88 Å². The van der Waals surface area contributed by atoms with E-state index < -0.39 is 5.91 Å². The SMILES string of the molecule is NC(=O)c1cc(N2CCN(C(=O)C3CCCO3)CC2)ccn1. The number of piperazine rings is 1. The highest BCUT2D eigenvalue weighted by Crippen LogP contribution is 2.19. The van der Waals surface area contributed by atoms with E-state index in [1.807, 2.05) is 11.0 Å². The number of primary amides is 1. The Hall–Kier alpha value is -2.15. The highest BCUT2D eigenvalue weighted by Gasteiger charge is 2.30. The van der Waals surface area contributed by atoms with Crippen molar-refractivity contribution in [2.75, 3.05) is 37.7 Å². The Balaban J connectivity index is 1.60. The molecule has 1 aromatic heterocycles. The van der Waals surface area contributed by atoms with Crippen molar-refractivity contribution in [3.63, 3.8) is 0 Å². The Morgan fingerprint density at radius 3 is 2.68 bits per heavy atom. The molecule has 2 fully saturated rings. The van der Waals surface area contributed by atoms with E-state index in [9.17, 15) is 9.59 Å². The van der Waals surface area contributed by atoms with E-state index in [1.54, 1.807) is 12.3 Å². The van der Waals surface area contributed by atoms with Crippen LogP contribution < -0.4 is 10.6 Å². The number of carbonyl (C=O) groups excluding carboxylic acids is 2. The third-order valence-electron chi connectivity index (χ3n) is 4.16. The van der Waals surface area contributed by atoms with Crippen molar-refractivity contribution >= 4 is 17.5 Å². The molecule has 3 rings (SSSR count). The number of hydrogen-bond acceptors (Lipinski definition) is 5. The Labute approximate surface area is 129 Å². The first-order valence-electron chi connectivity index (χ1n) is 7.56. The van der Waals surface area contributed by atoms with Crippen LogP contribution in [0.3, 0.4) is 0 Å². The Kier molecular flexibility index (Phi) is 4.24. The molecule has 0 bridgehead atoms. The molecular weight excluding hydrogens is 284 g/mol. The van der Waals surface area contributed by atoms with E-state index in [-0.39, 0.29) is 17.7 Å². The summed E-state index contributed by atoms with van der Waals surface area (Å²) in [4.78, 5) is 31.4. The second kappa shape index (κ2) is 6.31. The standard InChI is InChI=1S/C15H20N4O3/c16-14(20)12-10-11(3-4-17-12)18-5-7-19(8-6-18)15(21)13-2-1-9-22-13/h3-4,10,13H,1-2,5-9H2,(H2,16,20). The highest BCUT2D eigenvalue weighted by atomic mass is 16.5. The maximum absolute atomic E-state index is 12.3. The molecule has 7 nitrogen and oxygen atoms in total. The predicted molar refractivity (Wildman–Crippen MR) is 80.5 cm³/mol. The fraction of sp³-hybridized carbons (Fsp3) is 0.533. The zero-order valence-electron chi connectivity index (χ0n) is 12.4. The maximum Gasteiger partial charge on any atom is 0.267 e. The lowest BCUT2D eigenvalue weighted by Crippen LogP contribution is -2.51.